The Morgan fingerprint density at radius 1 is 1.52 bits per heavy atom. The van der Waals surface area contributed by atoms with Crippen molar-refractivity contribution in [1.29, 1.82) is 0 Å². The number of hydrogen-bond donors (Lipinski definition) is 1. The maximum Gasteiger partial charge on any atom is 0.124 e. The van der Waals surface area contributed by atoms with Crippen LogP contribution in [-0.2, 0) is 17.7 Å². The summed E-state index contributed by atoms with van der Waals surface area (Å²) in [4.78, 5) is 0. The summed E-state index contributed by atoms with van der Waals surface area (Å²) in [6, 6.07) is 4.14. The molecular formula is C14H15BrClFN2O2. The van der Waals surface area contributed by atoms with Crippen molar-refractivity contribution in [3.05, 3.63) is 51.0 Å². The van der Waals surface area contributed by atoms with Gasteiger partial charge in [0.1, 0.15) is 11.9 Å². The van der Waals surface area contributed by atoms with Crippen molar-refractivity contribution in [2.75, 3.05) is 13.7 Å². The molecule has 1 heterocycles. The Kier molecular flexibility index (Phi) is 5.75. The first-order valence-corrected chi connectivity index (χ1v) is 7.52. The van der Waals surface area contributed by atoms with E-state index >= 15 is 0 Å². The molecule has 0 aliphatic heterocycles. The van der Waals surface area contributed by atoms with Crippen LogP contribution in [0.2, 0.25) is 5.02 Å². The molecule has 2 rings (SSSR count). The zero-order valence-corrected chi connectivity index (χ0v) is 13.7. The van der Waals surface area contributed by atoms with E-state index in [4.69, 9.17) is 16.3 Å². The standard InChI is InChI=1S/C14H15BrClFN2O2/c1-21-5-4-19-14(11(15)8-18-19)13(20)6-9-2-3-10(17)7-12(9)16/h2-3,7-8,13,20H,4-6H2,1H3. The third kappa shape index (κ3) is 4.03. The Morgan fingerprint density at radius 3 is 2.95 bits per heavy atom. The minimum Gasteiger partial charge on any atom is -0.386 e. The van der Waals surface area contributed by atoms with Crippen LogP contribution in [0.15, 0.2) is 28.9 Å². The molecule has 1 aromatic carbocycles. The van der Waals surface area contributed by atoms with Gasteiger partial charge in [-0.05, 0) is 33.6 Å². The normalized spacial score (nSPS) is 12.6. The van der Waals surface area contributed by atoms with Gasteiger partial charge in [-0.3, -0.25) is 4.68 Å². The van der Waals surface area contributed by atoms with Gasteiger partial charge in [0.15, 0.2) is 0 Å². The van der Waals surface area contributed by atoms with E-state index in [0.29, 0.717) is 33.9 Å². The van der Waals surface area contributed by atoms with Gasteiger partial charge in [0.25, 0.3) is 0 Å². The van der Waals surface area contributed by atoms with Crippen LogP contribution in [0.1, 0.15) is 17.4 Å². The molecule has 0 bridgehead atoms. The van der Waals surface area contributed by atoms with Crippen LogP contribution in [-0.4, -0.2) is 28.6 Å². The first-order chi connectivity index (χ1) is 10.0. The second kappa shape index (κ2) is 7.35. The average Bonchev–Trinajstić information content (AvgIpc) is 2.80. The minimum atomic E-state index is -0.804. The van der Waals surface area contributed by atoms with E-state index in [2.05, 4.69) is 21.0 Å². The number of hydrogen-bond acceptors (Lipinski definition) is 3. The van der Waals surface area contributed by atoms with Crippen molar-refractivity contribution in [3.8, 4) is 0 Å². The molecule has 0 spiro atoms. The first-order valence-electron chi connectivity index (χ1n) is 6.35. The zero-order chi connectivity index (χ0) is 15.4. The van der Waals surface area contributed by atoms with Gasteiger partial charge in [-0.2, -0.15) is 5.10 Å². The molecule has 1 unspecified atom stereocenters. The molecule has 0 aliphatic carbocycles. The smallest absolute Gasteiger partial charge is 0.124 e. The van der Waals surface area contributed by atoms with E-state index in [1.165, 1.54) is 12.1 Å². The van der Waals surface area contributed by atoms with Gasteiger partial charge in [0.05, 0.1) is 29.5 Å². The first kappa shape index (κ1) is 16.4. The van der Waals surface area contributed by atoms with E-state index in [0.717, 1.165) is 0 Å². The molecule has 0 radical (unpaired) electrons. The third-order valence-electron chi connectivity index (χ3n) is 3.08. The molecular weight excluding hydrogens is 363 g/mol. The molecule has 0 fully saturated rings. The van der Waals surface area contributed by atoms with Crippen molar-refractivity contribution in [2.45, 2.75) is 19.1 Å². The van der Waals surface area contributed by atoms with Crippen LogP contribution in [0.3, 0.4) is 0 Å². The second-order valence-corrected chi connectivity index (χ2v) is 5.81. The maximum atomic E-state index is 13.0. The SMILES string of the molecule is COCCn1ncc(Br)c1C(O)Cc1ccc(F)cc1Cl. The summed E-state index contributed by atoms with van der Waals surface area (Å²) in [5.41, 5.74) is 1.32. The highest BCUT2D eigenvalue weighted by atomic mass is 79.9. The lowest BCUT2D eigenvalue weighted by Gasteiger charge is -2.15. The van der Waals surface area contributed by atoms with E-state index in [-0.39, 0.29) is 6.42 Å². The molecule has 0 amide bonds. The summed E-state index contributed by atoms with van der Waals surface area (Å²) in [5, 5.41) is 14.9. The lowest BCUT2D eigenvalue weighted by atomic mass is 10.1. The maximum absolute atomic E-state index is 13.0. The van der Waals surface area contributed by atoms with Crippen molar-refractivity contribution in [2.24, 2.45) is 0 Å². The van der Waals surface area contributed by atoms with Gasteiger partial charge in [-0.15, -0.1) is 0 Å². The predicted molar refractivity (Wildman–Crippen MR) is 81.9 cm³/mol. The van der Waals surface area contributed by atoms with Crippen molar-refractivity contribution < 1.29 is 14.2 Å². The fourth-order valence-electron chi connectivity index (χ4n) is 2.05. The van der Waals surface area contributed by atoms with Crippen LogP contribution in [0, 0.1) is 5.82 Å². The van der Waals surface area contributed by atoms with Gasteiger partial charge < -0.3 is 9.84 Å². The van der Waals surface area contributed by atoms with Gasteiger partial charge in [0, 0.05) is 18.6 Å². The fraction of sp³-hybridized carbons (Fsp3) is 0.357. The molecule has 1 aromatic heterocycles. The summed E-state index contributed by atoms with van der Waals surface area (Å²) in [6.07, 6.45) is 1.10. The monoisotopic (exact) mass is 376 g/mol. The van der Waals surface area contributed by atoms with Crippen LogP contribution < -0.4 is 0 Å². The summed E-state index contributed by atoms with van der Waals surface area (Å²) < 4.78 is 20.5. The predicted octanol–water partition coefficient (Wildman–Crippen LogP) is 3.36. The van der Waals surface area contributed by atoms with E-state index < -0.39 is 11.9 Å². The summed E-state index contributed by atoms with van der Waals surface area (Å²) in [5.74, 6) is -0.399. The lowest BCUT2D eigenvalue weighted by molar-refractivity contribution is 0.152. The van der Waals surface area contributed by atoms with Crippen molar-refractivity contribution in [1.82, 2.24) is 9.78 Å². The summed E-state index contributed by atoms with van der Waals surface area (Å²) in [6.45, 7) is 1.02. The zero-order valence-electron chi connectivity index (χ0n) is 11.4. The van der Waals surface area contributed by atoms with Gasteiger partial charge in [0.2, 0.25) is 0 Å². The lowest BCUT2D eigenvalue weighted by Crippen LogP contribution is -2.14. The Bertz CT molecular complexity index is 621. The Morgan fingerprint density at radius 2 is 2.29 bits per heavy atom. The number of ether oxygens (including phenoxy) is 1. The van der Waals surface area contributed by atoms with Crippen molar-refractivity contribution >= 4 is 27.5 Å². The summed E-state index contributed by atoms with van der Waals surface area (Å²) >= 11 is 9.37. The second-order valence-electron chi connectivity index (χ2n) is 4.55. The molecule has 2 aromatic rings. The number of aliphatic hydroxyl groups excluding tert-OH is 1. The number of benzene rings is 1. The highest BCUT2D eigenvalue weighted by Gasteiger charge is 2.19. The molecule has 0 saturated heterocycles. The molecule has 4 nitrogen and oxygen atoms in total. The number of methoxy groups -OCH3 is 1. The number of aliphatic hydroxyl groups is 1. The average molecular weight is 378 g/mol. The van der Waals surface area contributed by atoms with Gasteiger partial charge >= 0.3 is 0 Å². The Labute approximate surface area is 135 Å². The quantitative estimate of drug-likeness (QED) is 0.840. The topological polar surface area (TPSA) is 47.3 Å². The molecule has 1 atom stereocenters. The highest BCUT2D eigenvalue weighted by Crippen LogP contribution is 2.28. The Balaban J connectivity index is 2.19. The number of halogens is 3. The van der Waals surface area contributed by atoms with Crippen LogP contribution in [0.4, 0.5) is 4.39 Å². The number of rotatable bonds is 6. The number of aromatic nitrogens is 2. The van der Waals surface area contributed by atoms with Crippen molar-refractivity contribution in [3.63, 3.8) is 0 Å². The largest absolute Gasteiger partial charge is 0.386 e. The summed E-state index contributed by atoms with van der Waals surface area (Å²) in [7, 11) is 1.60. The van der Waals surface area contributed by atoms with E-state index in [1.807, 2.05) is 0 Å². The Hall–Kier alpha value is -0.950. The van der Waals surface area contributed by atoms with Gasteiger partial charge in [-0.1, -0.05) is 17.7 Å². The molecule has 114 valence electrons. The van der Waals surface area contributed by atoms with E-state index in [1.54, 1.807) is 24.1 Å². The molecule has 1 N–H and O–H groups in total. The van der Waals surface area contributed by atoms with Crippen LogP contribution >= 0.6 is 27.5 Å². The molecule has 0 saturated carbocycles. The molecule has 21 heavy (non-hydrogen) atoms. The van der Waals surface area contributed by atoms with Gasteiger partial charge in [-0.25, -0.2) is 4.39 Å². The van der Waals surface area contributed by atoms with E-state index in [9.17, 15) is 9.50 Å². The third-order valence-corrected chi connectivity index (χ3v) is 4.05. The van der Waals surface area contributed by atoms with Crippen LogP contribution in [0.5, 0.6) is 0 Å². The highest BCUT2D eigenvalue weighted by molar-refractivity contribution is 9.10. The molecule has 0 aliphatic rings. The molecule has 7 heteroatoms. The number of nitrogens with zero attached hydrogens (tertiary/aromatic N) is 2. The fourth-order valence-corrected chi connectivity index (χ4v) is 2.86. The minimum absolute atomic E-state index is 0.274. The van der Waals surface area contributed by atoms with Crippen LogP contribution in [0.25, 0.3) is 0 Å².